The average Bonchev–Trinajstić information content (AvgIpc) is 2.45. The van der Waals surface area contributed by atoms with Crippen LogP contribution in [-0.2, 0) is 16.0 Å². The molecule has 4 nitrogen and oxygen atoms in total. The molecule has 0 aliphatic carbocycles. The molecule has 0 unspecified atom stereocenters. The van der Waals surface area contributed by atoms with Crippen LogP contribution < -0.4 is 5.32 Å². The van der Waals surface area contributed by atoms with Gasteiger partial charge in [0.2, 0.25) is 5.91 Å². The molecule has 1 aromatic carbocycles. The highest BCUT2D eigenvalue weighted by Gasteiger charge is 2.24. The maximum Gasteiger partial charge on any atom is 0.326 e. The topological polar surface area (TPSA) is 66.4 Å². The van der Waals surface area contributed by atoms with Gasteiger partial charge in [-0.1, -0.05) is 50.6 Å². The van der Waals surface area contributed by atoms with Gasteiger partial charge in [0, 0.05) is 6.42 Å². The third kappa shape index (κ3) is 5.43. The predicted octanol–water partition coefficient (Wildman–Crippen LogP) is 2.62. The molecule has 110 valence electrons. The lowest BCUT2D eigenvalue weighted by molar-refractivity contribution is -0.143. The van der Waals surface area contributed by atoms with Crippen molar-refractivity contribution >= 4 is 11.9 Å². The number of nitrogens with one attached hydrogen (secondary N) is 1. The zero-order chi connectivity index (χ0) is 15.0. The largest absolute Gasteiger partial charge is 0.480 e. The second-order valence-corrected chi connectivity index (χ2v) is 5.11. The minimum atomic E-state index is -0.962. The Morgan fingerprint density at radius 1 is 1.25 bits per heavy atom. The van der Waals surface area contributed by atoms with E-state index in [1.54, 1.807) is 0 Å². The van der Waals surface area contributed by atoms with E-state index in [9.17, 15) is 9.59 Å². The van der Waals surface area contributed by atoms with E-state index in [0.717, 1.165) is 19.3 Å². The molecule has 4 heteroatoms. The van der Waals surface area contributed by atoms with E-state index in [4.69, 9.17) is 5.11 Å². The highest BCUT2D eigenvalue weighted by Crippen LogP contribution is 2.09. The maximum atomic E-state index is 11.8. The van der Waals surface area contributed by atoms with Gasteiger partial charge in [0.25, 0.3) is 0 Å². The first-order chi connectivity index (χ1) is 9.54. The van der Waals surface area contributed by atoms with Crippen molar-refractivity contribution in [2.75, 3.05) is 0 Å². The van der Waals surface area contributed by atoms with E-state index in [1.807, 2.05) is 44.2 Å². The number of aliphatic carboxylic acids is 1. The van der Waals surface area contributed by atoms with Gasteiger partial charge in [0.1, 0.15) is 6.04 Å². The van der Waals surface area contributed by atoms with Crippen LogP contribution in [0, 0.1) is 5.92 Å². The summed E-state index contributed by atoms with van der Waals surface area (Å²) in [5.74, 6) is -1.21. The van der Waals surface area contributed by atoms with Crippen LogP contribution in [0.15, 0.2) is 30.3 Å². The van der Waals surface area contributed by atoms with E-state index in [2.05, 4.69) is 5.32 Å². The van der Waals surface area contributed by atoms with Crippen LogP contribution in [0.5, 0.6) is 0 Å². The SMILES string of the molecule is CC[C@H](C)[C@H](NC(=O)CCCc1ccccc1)C(=O)O. The number of hydrogen-bond donors (Lipinski definition) is 2. The smallest absolute Gasteiger partial charge is 0.326 e. The zero-order valence-corrected chi connectivity index (χ0v) is 12.1. The summed E-state index contributed by atoms with van der Waals surface area (Å²) in [6.45, 7) is 3.76. The summed E-state index contributed by atoms with van der Waals surface area (Å²) in [5.41, 5.74) is 1.19. The molecular formula is C16H23NO3. The van der Waals surface area contributed by atoms with E-state index in [1.165, 1.54) is 5.56 Å². The van der Waals surface area contributed by atoms with Crippen molar-refractivity contribution in [1.29, 1.82) is 0 Å². The number of carboxylic acid groups (broad SMARTS) is 1. The monoisotopic (exact) mass is 277 g/mol. The summed E-state index contributed by atoms with van der Waals surface area (Å²) in [6, 6.07) is 9.16. The van der Waals surface area contributed by atoms with Gasteiger partial charge in [0.05, 0.1) is 0 Å². The molecule has 1 aromatic rings. The maximum absolute atomic E-state index is 11.8. The number of benzene rings is 1. The number of carbonyl (C=O) groups excluding carboxylic acids is 1. The van der Waals surface area contributed by atoms with Crippen molar-refractivity contribution in [3.63, 3.8) is 0 Å². The molecule has 0 radical (unpaired) electrons. The van der Waals surface area contributed by atoms with E-state index in [0.29, 0.717) is 6.42 Å². The molecule has 2 atom stereocenters. The van der Waals surface area contributed by atoms with Crippen molar-refractivity contribution in [1.82, 2.24) is 5.32 Å². The molecule has 0 fully saturated rings. The molecule has 0 bridgehead atoms. The number of rotatable bonds is 8. The lowest BCUT2D eigenvalue weighted by atomic mass is 9.99. The fraction of sp³-hybridized carbons (Fsp3) is 0.500. The third-order valence-electron chi connectivity index (χ3n) is 3.51. The Labute approximate surface area is 120 Å². The van der Waals surface area contributed by atoms with E-state index >= 15 is 0 Å². The number of carbonyl (C=O) groups is 2. The molecular weight excluding hydrogens is 254 g/mol. The van der Waals surface area contributed by atoms with Crippen LogP contribution in [0.2, 0.25) is 0 Å². The Kier molecular flexibility index (Phi) is 6.77. The van der Waals surface area contributed by atoms with E-state index < -0.39 is 12.0 Å². The minimum absolute atomic E-state index is 0.0643. The molecule has 0 aliphatic heterocycles. The van der Waals surface area contributed by atoms with Gasteiger partial charge >= 0.3 is 5.97 Å². The number of carboxylic acids is 1. The quantitative estimate of drug-likeness (QED) is 0.767. The fourth-order valence-electron chi connectivity index (χ4n) is 2.03. The number of amides is 1. The van der Waals surface area contributed by atoms with Gasteiger partial charge in [-0.05, 0) is 24.3 Å². The summed E-state index contributed by atoms with van der Waals surface area (Å²) in [4.78, 5) is 22.9. The van der Waals surface area contributed by atoms with Crippen LogP contribution in [0.4, 0.5) is 0 Å². The molecule has 0 aromatic heterocycles. The van der Waals surface area contributed by atoms with Crippen LogP contribution in [-0.4, -0.2) is 23.0 Å². The fourth-order valence-corrected chi connectivity index (χ4v) is 2.03. The van der Waals surface area contributed by atoms with Crippen LogP contribution >= 0.6 is 0 Å². The Hall–Kier alpha value is -1.84. The highest BCUT2D eigenvalue weighted by atomic mass is 16.4. The number of hydrogen-bond acceptors (Lipinski definition) is 2. The van der Waals surface area contributed by atoms with Crippen molar-refractivity contribution in [3.8, 4) is 0 Å². The van der Waals surface area contributed by atoms with Crippen molar-refractivity contribution < 1.29 is 14.7 Å². The molecule has 0 aliphatic rings. The van der Waals surface area contributed by atoms with Gasteiger partial charge in [-0.2, -0.15) is 0 Å². The van der Waals surface area contributed by atoms with Gasteiger partial charge in [0.15, 0.2) is 0 Å². The van der Waals surface area contributed by atoms with Crippen molar-refractivity contribution in [2.45, 2.75) is 45.6 Å². The van der Waals surface area contributed by atoms with Crippen molar-refractivity contribution in [3.05, 3.63) is 35.9 Å². The Morgan fingerprint density at radius 3 is 2.45 bits per heavy atom. The van der Waals surface area contributed by atoms with Gasteiger partial charge in [-0.15, -0.1) is 0 Å². The first-order valence-electron chi connectivity index (χ1n) is 7.10. The molecule has 2 N–H and O–H groups in total. The lowest BCUT2D eigenvalue weighted by Gasteiger charge is -2.20. The second-order valence-electron chi connectivity index (χ2n) is 5.11. The average molecular weight is 277 g/mol. The molecule has 0 spiro atoms. The molecule has 0 saturated heterocycles. The predicted molar refractivity (Wildman–Crippen MR) is 78.4 cm³/mol. The van der Waals surface area contributed by atoms with Crippen LogP contribution in [0.1, 0.15) is 38.7 Å². The first-order valence-corrected chi connectivity index (χ1v) is 7.10. The first kappa shape index (κ1) is 16.2. The van der Waals surface area contributed by atoms with Gasteiger partial charge in [-0.25, -0.2) is 4.79 Å². The summed E-state index contributed by atoms with van der Waals surface area (Å²) < 4.78 is 0. The Balaban J connectivity index is 2.37. The summed E-state index contributed by atoms with van der Waals surface area (Å²) in [7, 11) is 0. The summed E-state index contributed by atoms with van der Waals surface area (Å²) in [6.07, 6.45) is 2.63. The zero-order valence-electron chi connectivity index (χ0n) is 12.1. The summed E-state index contributed by atoms with van der Waals surface area (Å²) in [5, 5.41) is 11.7. The van der Waals surface area contributed by atoms with Crippen LogP contribution in [0.3, 0.4) is 0 Å². The number of aryl methyl sites for hydroxylation is 1. The standard InChI is InChI=1S/C16H23NO3/c1-3-12(2)15(16(19)20)17-14(18)11-7-10-13-8-5-4-6-9-13/h4-6,8-9,12,15H,3,7,10-11H2,1-2H3,(H,17,18)(H,19,20)/t12-,15-/m0/s1. The Bertz CT molecular complexity index is 431. The van der Waals surface area contributed by atoms with E-state index in [-0.39, 0.29) is 11.8 Å². The summed E-state index contributed by atoms with van der Waals surface area (Å²) >= 11 is 0. The highest BCUT2D eigenvalue weighted by molar-refractivity contribution is 5.83. The third-order valence-corrected chi connectivity index (χ3v) is 3.51. The normalized spacial score (nSPS) is 13.5. The van der Waals surface area contributed by atoms with Crippen LogP contribution in [0.25, 0.3) is 0 Å². The van der Waals surface area contributed by atoms with Gasteiger partial charge < -0.3 is 10.4 Å². The molecule has 1 rings (SSSR count). The molecule has 0 heterocycles. The lowest BCUT2D eigenvalue weighted by Crippen LogP contribution is -2.44. The molecule has 20 heavy (non-hydrogen) atoms. The van der Waals surface area contributed by atoms with Gasteiger partial charge in [-0.3, -0.25) is 4.79 Å². The second kappa shape index (κ2) is 8.35. The minimum Gasteiger partial charge on any atom is -0.480 e. The Morgan fingerprint density at radius 2 is 1.90 bits per heavy atom. The van der Waals surface area contributed by atoms with Crippen molar-refractivity contribution in [2.24, 2.45) is 5.92 Å². The molecule has 0 saturated carbocycles. The molecule has 1 amide bonds.